The SMILES string of the molecule is C[C@H]1CCc2c(sc3nc([C@@H](C)[NH+]4CCN(c5ncccn5)CC4)[nH]c(=O)c23)C1. The van der Waals surface area contributed by atoms with Gasteiger partial charge in [0.2, 0.25) is 5.95 Å². The highest BCUT2D eigenvalue weighted by Crippen LogP contribution is 2.35. The number of hydrogen-bond acceptors (Lipinski definition) is 6. The lowest BCUT2D eigenvalue weighted by Gasteiger charge is -2.34. The van der Waals surface area contributed by atoms with E-state index in [0.717, 1.165) is 67.4 Å². The number of quaternary nitrogens is 1. The fourth-order valence-corrected chi connectivity index (χ4v) is 6.04. The molecule has 1 aliphatic carbocycles. The summed E-state index contributed by atoms with van der Waals surface area (Å²) < 4.78 is 0. The molecular formula is C21H27N6OS+. The van der Waals surface area contributed by atoms with Crippen LogP contribution in [0, 0.1) is 5.92 Å². The molecule has 1 aliphatic heterocycles. The topological polar surface area (TPSA) is 79.2 Å². The van der Waals surface area contributed by atoms with Crippen molar-refractivity contribution < 1.29 is 4.90 Å². The number of rotatable bonds is 3. The molecule has 152 valence electrons. The number of aryl methyl sites for hydroxylation is 1. The lowest BCUT2D eigenvalue weighted by molar-refractivity contribution is -0.930. The zero-order chi connectivity index (χ0) is 20.0. The van der Waals surface area contributed by atoms with Crippen LogP contribution in [0.15, 0.2) is 23.3 Å². The van der Waals surface area contributed by atoms with E-state index in [4.69, 9.17) is 4.98 Å². The second-order valence-electron chi connectivity index (χ2n) is 8.40. The third kappa shape index (κ3) is 3.44. The van der Waals surface area contributed by atoms with Gasteiger partial charge < -0.3 is 14.8 Å². The summed E-state index contributed by atoms with van der Waals surface area (Å²) in [6.07, 6.45) is 6.82. The van der Waals surface area contributed by atoms with E-state index in [1.807, 2.05) is 6.07 Å². The molecule has 0 aromatic carbocycles. The number of aromatic nitrogens is 4. The van der Waals surface area contributed by atoms with Crippen LogP contribution in [0.5, 0.6) is 0 Å². The molecule has 5 rings (SSSR count). The summed E-state index contributed by atoms with van der Waals surface area (Å²) in [5, 5.41) is 0.842. The molecule has 7 nitrogen and oxygen atoms in total. The highest BCUT2D eigenvalue weighted by atomic mass is 32.1. The Morgan fingerprint density at radius 3 is 2.79 bits per heavy atom. The lowest BCUT2D eigenvalue weighted by Crippen LogP contribution is -3.14. The molecule has 0 bridgehead atoms. The Balaban J connectivity index is 1.36. The third-order valence-electron chi connectivity index (χ3n) is 6.45. The van der Waals surface area contributed by atoms with Gasteiger partial charge >= 0.3 is 0 Å². The van der Waals surface area contributed by atoms with Crippen molar-refractivity contribution in [3.8, 4) is 0 Å². The van der Waals surface area contributed by atoms with Gasteiger partial charge in [0.15, 0.2) is 5.82 Å². The summed E-state index contributed by atoms with van der Waals surface area (Å²) in [4.78, 5) is 35.6. The first kappa shape index (κ1) is 18.7. The minimum absolute atomic E-state index is 0.0413. The van der Waals surface area contributed by atoms with Crippen molar-refractivity contribution in [1.82, 2.24) is 19.9 Å². The molecule has 29 heavy (non-hydrogen) atoms. The zero-order valence-corrected chi connectivity index (χ0v) is 17.8. The van der Waals surface area contributed by atoms with Gasteiger partial charge in [-0.15, -0.1) is 11.3 Å². The van der Waals surface area contributed by atoms with E-state index in [0.29, 0.717) is 5.92 Å². The van der Waals surface area contributed by atoms with Crippen LogP contribution < -0.4 is 15.4 Å². The summed E-state index contributed by atoms with van der Waals surface area (Å²) in [7, 11) is 0. The van der Waals surface area contributed by atoms with Crippen molar-refractivity contribution in [2.24, 2.45) is 5.92 Å². The van der Waals surface area contributed by atoms with Gasteiger partial charge in [-0.25, -0.2) is 15.0 Å². The maximum atomic E-state index is 12.9. The van der Waals surface area contributed by atoms with Crippen LogP contribution in [-0.2, 0) is 12.8 Å². The molecule has 4 heterocycles. The van der Waals surface area contributed by atoms with Crippen molar-refractivity contribution in [3.05, 3.63) is 45.1 Å². The van der Waals surface area contributed by atoms with E-state index in [2.05, 4.69) is 33.7 Å². The van der Waals surface area contributed by atoms with Gasteiger partial charge in [0.1, 0.15) is 10.9 Å². The Hall–Kier alpha value is -2.32. The highest BCUT2D eigenvalue weighted by molar-refractivity contribution is 7.18. The second kappa shape index (κ2) is 7.50. The van der Waals surface area contributed by atoms with Gasteiger partial charge in [-0.05, 0) is 43.7 Å². The highest BCUT2D eigenvalue weighted by Gasteiger charge is 2.29. The maximum absolute atomic E-state index is 12.9. The number of thiophene rings is 1. The molecule has 1 saturated heterocycles. The predicted molar refractivity (Wildman–Crippen MR) is 115 cm³/mol. The number of fused-ring (bicyclic) bond motifs is 3. The number of hydrogen-bond donors (Lipinski definition) is 2. The van der Waals surface area contributed by atoms with Crippen LogP contribution in [0.4, 0.5) is 5.95 Å². The number of nitrogens with zero attached hydrogens (tertiary/aromatic N) is 4. The quantitative estimate of drug-likeness (QED) is 0.681. The first-order chi connectivity index (χ1) is 14.1. The smallest absolute Gasteiger partial charge is 0.260 e. The monoisotopic (exact) mass is 411 g/mol. The number of H-pyrrole nitrogens is 1. The molecule has 2 N–H and O–H groups in total. The summed E-state index contributed by atoms with van der Waals surface area (Å²) in [6.45, 7) is 8.22. The van der Waals surface area contributed by atoms with Gasteiger partial charge in [-0.1, -0.05) is 6.92 Å². The first-order valence-corrected chi connectivity index (χ1v) is 11.3. The van der Waals surface area contributed by atoms with Gasteiger partial charge in [0, 0.05) is 17.3 Å². The minimum atomic E-state index is 0.0413. The number of anilines is 1. The van der Waals surface area contributed by atoms with Crippen molar-refractivity contribution in [2.75, 3.05) is 31.1 Å². The van der Waals surface area contributed by atoms with E-state index in [9.17, 15) is 4.79 Å². The molecule has 1 fully saturated rings. The van der Waals surface area contributed by atoms with Gasteiger partial charge in [0.05, 0.1) is 31.6 Å². The summed E-state index contributed by atoms with van der Waals surface area (Å²) >= 11 is 1.73. The van der Waals surface area contributed by atoms with Crippen LogP contribution in [0.25, 0.3) is 10.2 Å². The summed E-state index contributed by atoms with van der Waals surface area (Å²) in [5.74, 6) is 2.31. The molecule has 0 amide bonds. The van der Waals surface area contributed by atoms with Crippen molar-refractivity contribution >= 4 is 27.5 Å². The van der Waals surface area contributed by atoms with Gasteiger partial charge in [-0.3, -0.25) is 4.79 Å². The fourth-order valence-electron chi connectivity index (χ4n) is 4.65. The maximum Gasteiger partial charge on any atom is 0.260 e. The molecule has 0 unspecified atom stereocenters. The molecular weight excluding hydrogens is 384 g/mol. The summed E-state index contributed by atoms with van der Waals surface area (Å²) in [6, 6.07) is 2.00. The molecule has 2 atom stereocenters. The Morgan fingerprint density at radius 1 is 1.28 bits per heavy atom. The first-order valence-electron chi connectivity index (χ1n) is 10.5. The molecule has 0 spiro atoms. The normalized spacial score (nSPS) is 21.3. The van der Waals surface area contributed by atoms with Crippen molar-refractivity contribution in [1.29, 1.82) is 0 Å². The number of nitrogens with one attached hydrogen (secondary N) is 2. The van der Waals surface area contributed by atoms with Crippen LogP contribution >= 0.6 is 11.3 Å². The molecule has 8 heteroatoms. The molecule has 0 radical (unpaired) electrons. The van der Waals surface area contributed by atoms with Crippen LogP contribution in [-0.4, -0.2) is 46.1 Å². The number of aromatic amines is 1. The van der Waals surface area contributed by atoms with E-state index >= 15 is 0 Å². The molecule has 0 saturated carbocycles. The van der Waals surface area contributed by atoms with Crippen LogP contribution in [0.1, 0.15) is 42.6 Å². The van der Waals surface area contributed by atoms with Crippen LogP contribution in [0.2, 0.25) is 0 Å². The largest absolute Gasteiger partial charge is 0.330 e. The second-order valence-corrected chi connectivity index (χ2v) is 9.48. The average molecular weight is 412 g/mol. The van der Waals surface area contributed by atoms with E-state index in [1.165, 1.54) is 15.3 Å². The Bertz CT molecular complexity index is 1070. The standard InChI is InChI=1S/C21H26N6OS/c1-13-4-5-15-16(12-13)29-20-17(15)19(28)24-18(25-20)14(2)26-8-10-27(11-9-26)21-22-6-3-7-23-21/h3,6-7,13-14H,4-5,8-12H2,1-2H3,(H,24,25,28)/p+1/t13-,14+/m0/s1. The fraction of sp³-hybridized carbons (Fsp3) is 0.524. The van der Waals surface area contributed by atoms with Crippen LogP contribution in [0.3, 0.4) is 0 Å². The minimum Gasteiger partial charge on any atom is -0.330 e. The predicted octanol–water partition coefficient (Wildman–Crippen LogP) is 1.37. The third-order valence-corrected chi connectivity index (χ3v) is 7.60. The number of piperazine rings is 1. The van der Waals surface area contributed by atoms with E-state index in [-0.39, 0.29) is 11.6 Å². The molecule has 3 aromatic heterocycles. The summed E-state index contributed by atoms with van der Waals surface area (Å²) in [5.41, 5.74) is 1.29. The molecule has 2 aliphatic rings. The average Bonchev–Trinajstić information content (AvgIpc) is 3.11. The Labute approximate surface area is 173 Å². The lowest BCUT2D eigenvalue weighted by atomic mass is 9.89. The van der Waals surface area contributed by atoms with Crippen molar-refractivity contribution in [2.45, 2.75) is 39.2 Å². The molecule has 3 aromatic rings. The van der Waals surface area contributed by atoms with Gasteiger partial charge in [0.25, 0.3) is 5.56 Å². The Morgan fingerprint density at radius 2 is 2.03 bits per heavy atom. The van der Waals surface area contributed by atoms with E-state index in [1.54, 1.807) is 23.7 Å². The Kier molecular flexibility index (Phi) is 4.83. The van der Waals surface area contributed by atoms with Crippen molar-refractivity contribution in [3.63, 3.8) is 0 Å². The zero-order valence-electron chi connectivity index (χ0n) is 16.9. The van der Waals surface area contributed by atoms with E-state index < -0.39 is 0 Å². The van der Waals surface area contributed by atoms with Gasteiger partial charge in [-0.2, -0.15) is 0 Å².